The van der Waals surface area contributed by atoms with Crippen molar-refractivity contribution in [3.8, 4) is 0 Å². The minimum atomic E-state index is -0.475. The highest BCUT2D eigenvalue weighted by molar-refractivity contribution is 6.26. The second-order valence-electron chi connectivity index (χ2n) is 0.944. The summed E-state index contributed by atoms with van der Waals surface area (Å²) in [5.74, 6) is -0.594. The number of ether oxygens (including phenoxy) is 1. The third kappa shape index (κ3) is 15.6. The number of esters is 1. The van der Waals surface area contributed by atoms with E-state index in [0.717, 1.165) is 6.26 Å². The van der Waals surface area contributed by atoms with Gasteiger partial charge in [-0.25, -0.2) is 0 Å². The Bertz CT molecular complexity index is 112. The molecule has 0 N–H and O–H groups in total. The molecule has 4 heteroatoms. The van der Waals surface area contributed by atoms with Crippen molar-refractivity contribution in [3.05, 3.63) is 25.0 Å². The zero-order valence-electron chi connectivity index (χ0n) is 5.35. The van der Waals surface area contributed by atoms with Gasteiger partial charge in [-0.3, -0.25) is 4.79 Å². The van der Waals surface area contributed by atoms with Crippen LogP contribution in [0.3, 0.4) is 0 Å². The number of hydrogen-bond donors (Lipinski definition) is 0. The fourth-order valence-corrected chi connectivity index (χ4v) is 0.187. The molecule has 10 heavy (non-hydrogen) atoms. The molecule has 2 nitrogen and oxygen atoms in total. The Morgan fingerprint density at radius 2 is 2.00 bits per heavy atom. The predicted molar refractivity (Wildman–Crippen MR) is 43.1 cm³/mol. The molecular formula is C6H8Cl2O2. The molecule has 0 saturated carbocycles. The van der Waals surface area contributed by atoms with Gasteiger partial charge in [0, 0.05) is 0 Å². The third-order valence-corrected chi connectivity index (χ3v) is 0.542. The number of carbonyl (C=O) groups excluding carboxylic acids is 1. The van der Waals surface area contributed by atoms with Crippen LogP contribution in [0.15, 0.2) is 25.0 Å². The van der Waals surface area contributed by atoms with Gasteiger partial charge in [0.1, 0.15) is 5.88 Å². The Morgan fingerprint density at radius 1 is 1.60 bits per heavy atom. The number of rotatable bonds is 2. The zero-order chi connectivity index (χ0) is 8.41. The minimum absolute atomic E-state index is 0.119. The van der Waals surface area contributed by atoms with Gasteiger partial charge in [0.15, 0.2) is 0 Å². The highest BCUT2D eigenvalue weighted by Crippen LogP contribution is 1.80. The second-order valence-corrected chi connectivity index (χ2v) is 1.52. The van der Waals surface area contributed by atoms with Crippen LogP contribution in [0.2, 0.25) is 0 Å². The molecular weight excluding hydrogens is 175 g/mol. The van der Waals surface area contributed by atoms with E-state index in [4.69, 9.17) is 23.2 Å². The highest BCUT2D eigenvalue weighted by Gasteiger charge is 1.91. The van der Waals surface area contributed by atoms with Crippen LogP contribution in [-0.4, -0.2) is 11.8 Å². The molecule has 0 radical (unpaired) electrons. The van der Waals surface area contributed by atoms with Crippen molar-refractivity contribution in [2.24, 2.45) is 0 Å². The van der Waals surface area contributed by atoms with Crippen LogP contribution in [0.4, 0.5) is 0 Å². The lowest BCUT2D eigenvalue weighted by molar-refractivity contribution is -0.135. The van der Waals surface area contributed by atoms with E-state index in [0.29, 0.717) is 0 Å². The standard InChI is InChI=1S/C4H5ClO2.C2H3Cl/c1-2-7-4(6)3-5;1-2-3/h2H,1,3H2;2H,1H2. The molecule has 0 aromatic heterocycles. The summed E-state index contributed by atoms with van der Waals surface area (Å²) in [6.07, 6.45) is 1.05. The van der Waals surface area contributed by atoms with E-state index in [1.165, 1.54) is 5.54 Å². The van der Waals surface area contributed by atoms with E-state index >= 15 is 0 Å². The zero-order valence-corrected chi connectivity index (χ0v) is 6.86. The lowest BCUT2D eigenvalue weighted by Crippen LogP contribution is -1.98. The van der Waals surface area contributed by atoms with Gasteiger partial charge in [0.05, 0.1) is 6.26 Å². The fraction of sp³-hybridized carbons (Fsp3) is 0.167. The van der Waals surface area contributed by atoms with Crippen LogP contribution < -0.4 is 0 Å². The molecule has 0 bridgehead atoms. The number of carbonyl (C=O) groups is 1. The first-order valence-electron chi connectivity index (χ1n) is 2.30. The molecule has 0 heterocycles. The van der Waals surface area contributed by atoms with Crippen molar-refractivity contribution in [2.45, 2.75) is 0 Å². The van der Waals surface area contributed by atoms with E-state index < -0.39 is 5.97 Å². The summed E-state index contributed by atoms with van der Waals surface area (Å²) in [6, 6.07) is 0. The Hall–Kier alpha value is -0.470. The Kier molecular flexibility index (Phi) is 13.9. The molecule has 0 aromatic carbocycles. The smallest absolute Gasteiger partial charge is 0.325 e. The van der Waals surface area contributed by atoms with Crippen LogP contribution in [0.1, 0.15) is 0 Å². The first kappa shape index (κ1) is 12.2. The summed E-state index contributed by atoms with van der Waals surface area (Å²) >= 11 is 9.77. The molecule has 0 aliphatic carbocycles. The van der Waals surface area contributed by atoms with Gasteiger partial charge in [0.2, 0.25) is 0 Å². The molecule has 0 aromatic rings. The fourth-order valence-electron chi connectivity index (χ4n) is 0.124. The number of halogens is 2. The van der Waals surface area contributed by atoms with Gasteiger partial charge in [0.25, 0.3) is 0 Å². The first-order chi connectivity index (χ1) is 4.72. The van der Waals surface area contributed by atoms with Crippen molar-refractivity contribution in [3.63, 3.8) is 0 Å². The van der Waals surface area contributed by atoms with Crippen molar-refractivity contribution in [2.75, 3.05) is 5.88 Å². The van der Waals surface area contributed by atoms with E-state index in [-0.39, 0.29) is 5.88 Å². The molecule has 0 atom stereocenters. The summed E-state index contributed by atoms with van der Waals surface area (Å²) in [5, 5.41) is 0. The van der Waals surface area contributed by atoms with Gasteiger partial charge in [-0.05, 0) is 5.54 Å². The molecule has 0 aliphatic rings. The number of hydrogen-bond acceptors (Lipinski definition) is 2. The van der Waals surface area contributed by atoms with Gasteiger partial charge in [-0.2, -0.15) is 0 Å². The van der Waals surface area contributed by atoms with Crippen molar-refractivity contribution in [1.29, 1.82) is 0 Å². The summed E-state index contributed by atoms with van der Waals surface area (Å²) in [7, 11) is 0. The molecule has 0 saturated heterocycles. The largest absolute Gasteiger partial charge is 0.434 e. The predicted octanol–water partition coefficient (Wildman–Crippen LogP) is 2.28. The quantitative estimate of drug-likeness (QED) is 0.373. The van der Waals surface area contributed by atoms with E-state index in [2.05, 4.69) is 17.9 Å². The third-order valence-electron chi connectivity index (χ3n) is 0.324. The van der Waals surface area contributed by atoms with Gasteiger partial charge >= 0.3 is 5.97 Å². The second kappa shape index (κ2) is 11.3. The van der Waals surface area contributed by atoms with Crippen molar-refractivity contribution >= 4 is 29.2 Å². The molecule has 0 fully saturated rings. The first-order valence-corrected chi connectivity index (χ1v) is 3.27. The van der Waals surface area contributed by atoms with E-state index in [9.17, 15) is 4.79 Å². The summed E-state index contributed by atoms with van der Waals surface area (Å²) in [6.45, 7) is 6.27. The lowest BCUT2D eigenvalue weighted by Gasteiger charge is -1.87. The van der Waals surface area contributed by atoms with Gasteiger partial charge in [-0.1, -0.05) is 24.8 Å². The topological polar surface area (TPSA) is 26.3 Å². The van der Waals surface area contributed by atoms with Crippen LogP contribution in [-0.2, 0) is 9.53 Å². The minimum Gasteiger partial charge on any atom is -0.434 e. The summed E-state index contributed by atoms with van der Waals surface area (Å²) < 4.78 is 4.18. The molecule has 0 unspecified atom stereocenters. The molecule has 0 spiro atoms. The Morgan fingerprint density at radius 3 is 2.10 bits per heavy atom. The average Bonchev–Trinajstić information content (AvgIpc) is 1.90. The van der Waals surface area contributed by atoms with Crippen LogP contribution in [0, 0.1) is 0 Å². The van der Waals surface area contributed by atoms with Gasteiger partial charge < -0.3 is 4.74 Å². The van der Waals surface area contributed by atoms with Crippen LogP contribution in [0.25, 0.3) is 0 Å². The molecule has 0 amide bonds. The van der Waals surface area contributed by atoms with E-state index in [1.54, 1.807) is 0 Å². The maximum Gasteiger partial charge on any atom is 0.325 e. The van der Waals surface area contributed by atoms with Crippen LogP contribution >= 0.6 is 23.2 Å². The normalized spacial score (nSPS) is 6.60. The van der Waals surface area contributed by atoms with Crippen molar-refractivity contribution in [1.82, 2.24) is 0 Å². The van der Waals surface area contributed by atoms with Crippen LogP contribution in [0.5, 0.6) is 0 Å². The molecule has 58 valence electrons. The van der Waals surface area contributed by atoms with E-state index in [1.807, 2.05) is 0 Å². The summed E-state index contributed by atoms with van der Waals surface area (Å²) in [4.78, 5) is 9.99. The van der Waals surface area contributed by atoms with Crippen molar-refractivity contribution < 1.29 is 9.53 Å². The number of alkyl halides is 1. The monoisotopic (exact) mass is 182 g/mol. The molecule has 0 rings (SSSR count). The Balaban J connectivity index is 0. The maximum absolute atomic E-state index is 9.99. The SMILES string of the molecule is C=CCl.C=COC(=O)CCl. The Labute approximate surface area is 70.1 Å². The van der Waals surface area contributed by atoms with Gasteiger partial charge in [-0.15, -0.1) is 11.6 Å². The summed E-state index contributed by atoms with van der Waals surface area (Å²) in [5.41, 5.74) is 1.22. The highest BCUT2D eigenvalue weighted by atomic mass is 35.5. The average molecular weight is 183 g/mol. The maximum atomic E-state index is 9.99. The lowest BCUT2D eigenvalue weighted by atomic mass is 10.8. The molecule has 0 aliphatic heterocycles.